The van der Waals surface area contributed by atoms with E-state index in [1.165, 1.54) is 12.1 Å². The van der Waals surface area contributed by atoms with Gasteiger partial charge in [-0.25, -0.2) is 23.0 Å². The molecule has 1 aliphatic rings. The number of ether oxygens (including phenoxy) is 1. The molecule has 9 heteroatoms. The van der Waals surface area contributed by atoms with E-state index >= 15 is 0 Å². The fraction of sp³-hybridized carbons (Fsp3) is 0.286. The second-order valence-electron chi connectivity index (χ2n) is 7.33. The summed E-state index contributed by atoms with van der Waals surface area (Å²) in [5, 5.41) is 8.73. The Hall–Kier alpha value is -3.33. The summed E-state index contributed by atoms with van der Waals surface area (Å²) in [4.78, 5) is 6.82. The lowest BCUT2D eigenvalue weighted by atomic mass is 10.0. The average Bonchev–Trinajstić information content (AvgIpc) is 3.48. The smallest absolute Gasteiger partial charge is 0.183 e. The lowest BCUT2D eigenvalue weighted by Crippen LogP contribution is -2.24. The molecule has 0 saturated carbocycles. The minimum atomic E-state index is -0.440. The van der Waals surface area contributed by atoms with E-state index in [-0.39, 0.29) is 6.04 Å². The highest BCUT2D eigenvalue weighted by atomic mass is 19.1. The molecule has 0 spiro atoms. The lowest BCUT2D eigenvalue weighted by Gasteiger charge is -2.26. The first-order valence-electron chi connectivity index (χ1n) is 9.73. The Morgan fingerprint density at radius 3 is 2.93 bits per heavy atom. The number of aromatic nitrogens is 5. The highest BCUT2D eigenvalue weighted by Crippen LogP contribution is 2.37. The molecule has 0 N–H and O–H groups in total. The van der Waals surface area contributed by atoms with Crippen molar-refractivity contribution in [1.29, 1.82) is 0 Å². The van der Waals surface area contributed by atoms with Gasteiger partial charge in [0.15, 0.2) is 5.65 Å². The Labute approximate surface area is 171 Å². The molecule has 0 bridgehead atoms. The molecule has 1 fully saturated rings. The predicted octanol–water partition coefficient (Wildman–Crippen LogP) is 3.68. The Balaban J connectivity index is 1.53. The molecule has 1 aromatic carbocycles. The quantitative estimate of drug-likeness (QED) is 0.502. The number of hydrogen-bond donors (Lipinski definition) is 0. The molecule has 1 atom stereocenters. The Bertz CT molecular complexity index is 1200. The largest absolute Gasteiger partial charge is 0.380 e. The zero-order valence-electron chi connectivity index (χ0n) is 16.4. The van der Waals surface area contributed by atoms with Crippen molar-refractivity contribution in [2.24, 2.45) is 0 Å². The minimum absolute atomic E-state index is 0.264. The third-order valence-electron chi connectivity index (χ3n) is 5.39. The molecule has 0 radical (unpaired) electrons. The number of anilines is 1. The number of nitrogens with zero attached hydrogens (tertiary/aromatic N) is 6. The maximum Gasteiger partial charge on any atom is 0.183 e. The van der Waals surface area contributed by atoms with Crippen molar-refractivity contribution in [3.05, 3.63) is 71.8 Å². The van der Waals surface area contributed by atoms with Crippen LogP contribution < -0.4 is 4.90 Å². The van der Waals surface area contributed by atoms with Gasteiger partial charge in [-0.3, -0.25) is 0 Å². The Morgan fingerprint density at radius 1 is 1.17 bits per heavy atom. The van der Waals surface area contributed by atoms with E-state index in [1.807, 2.05) is 23.4 Å². The fourth-order valence-electron chi connectivity index (χ4n) is 4.04. The van der Waals surface area contributed by atoms with Gasteiger partial charge in [0.05, 0.1) is 25.0 Å². The number of hydrogen-bond acceptors (Lipinski definition) is 5. The summed E-state index contributed by atoms with van der Waals surface area (Å²) < 4.78 is 36.7. The van der Waals surface area contributed by atoms with Crippen LogP contribution >= 0.6 is 0 Å². The monoisotopic (exact) mass is 410 g/mol. The summed E-state index contributed by atoms with van der Waals surface area (Å²) in [7, 11) is 1.63. The zero-order valence-corrected chi connectivity index (χ0v) is 16.4. The molecule has 5 rings (SSSR count). The predicted molar refractivity (Wildman–Crippen MR) is 107 cm³/mol. The van der Waals surface area contributed by atoms with Gasteiger partial charge in [0.2, 0.25) is 0 Å². The van der Waals surface area contributed by atoms with Gasteiger partial charge >= 0.3 is 0 Å². The molecule has 1 aliphatic heterocycles. The highest BCUT2D eigenvalue weighted by Gasteiger charge is 2.30. The van der Waals surface area contributed by atoms with Crippen molar-refractivity contribution in [3.8, 4) is 5.69 Å². The van der Waals surface area contributed by atoms with E-state index < -0.39 is 11.6 Å². The van der Waals surface area contributed by atoms with E-state index in [9.17, 15) is 8.78 Å². The number of methoxy groups -OCH3 is 1. The van der Waals surface area contributed by atoms with Crippen LogP contribution in [-0.2, 0) is 11.3 Å². The van der Waals surface area contributed by atoms with E-state index in [1.54, 1.807) is 28.7 Å². The van der Waals surface area contributed by atoms with Crippen LogP contribution in [0.1, 0.15) is 30.0 Å². The Kier molecular flexibility index (Phi) is 4.66. The summed E-state index contributed by atoms with van der Waals surface area (Å²) in [5.41, 5.74) is 2.66. The molecular weight excluding hydrogens is 390 g/mol. The standard InChI is InChI=1S/C21H20F2N6O/c1-30-13-14-10-24-29(12-14)19-11-25-28-8-6-20(26-21(19)28)27-7-2-3-18(27)16-9-15(22)4-5-17(16)23/h4-6,8-12,18H,2-3,7,13H2,1H3/t18-/m0/s1. The first-order valence-corrected chi connectivity index (χ1v) is 9.73. The summed E-state index contributed by atoms with van der Waals surface area (Å²) >= 11 is 0. The number of rotatable bonds is 5. The number of fused-ring (bicyclic) bond motifs is 1. The molecule has 0 unspecified atom stereocenters. The summed E-state index contributed by atoms with van der Waals surface area (Å²) in [5.74, 6) is -0.147. The van der Waals surface area contributed by atoms with Gasteiger partial charge in [-0.15, -0.1) is 0 Å². The van der Waals surface area contributed by atoms with E-state index in [0.717, 1.165) is 30.2 Å². The SMILES string of the molecule is COCc1cnn(-c2cnn3ccc(N4CCC[C@H]4c4cc(F)ccc4F)nc23)c1. The van der Waals surface area contributed by atoms with Crippen LogP contribution in [0.2, 0.25) is 0 Å². The van der Waals surface area contributed by atoms with Crippen molar-refractivity contribution in [3.63, 3.8) is 0 Å². The second kappa shape index (κ2) is 7.49. The molecule has 4 aromatic rings. The second-order valence-corrected chi connectivity index (χ2v) is 7.33. The molecule has 0 aliphatic carbocycles. The van der Waals surface area contributed by atoms with Gasteiger partial charge in [-0.05, 0) is 37.1 Å². The van der Waals surface area contributed by atoms with Gasteiger partial charge in [0.1, 0.15) is 23.1 Å². The van der Waals surface area contributed by atoms with Crippen LogP contribution in [0.25, 0.3) is 11.3 Å². The molecule has 7 nitrogen and oxygen atoms in total. The van der Waals surface area contributed by atoms with Crippen molar-refractivity contribution in [1.82, 2.24) is 24.4 Å². The van der Waals surface area contributed by atoms with Crippen molar-refractivity contribution in [2.75, 3.05) is 18.6 Å². The fourth-order valence-corrected chi connectivity index (χ4v) is 4.04. The van der Waals surface area contributed by atoms with E-state index in [2.05, 4.69) is 10.2 Å². The van der Waals surface area contributed by atoms with Gasteiger partial charge in [0.25, 0.3) is 0 Å². The molecule has 30 heavy (non-hydrogen) atoms. The average molecular weight is 410 g/mol. The highest BCUT2D eigenvalue weighted by molar-refractivity contribution is 5.61. The summed E-state index contributed by atoms with van der Waals surface area (Å²) in [6.45, 7) is 1.18. The van der Waals surface area contributed by atoms with Crippen LogP contribution in [0, 0.1) is 11.6 Å². The van der Waals surface area contributed by atoms with Crippen molar-refractivity contribution >= 4 is 11.5 Å². The number of benzene rings is 1. The van der Waals surface area contributed by atoms with Gasteiger partial charge < -0.3 is 9.64 Å². The first-order chi connectivity index (χ1) is 14.6. The van der Waals surface area contributed by atoms with Crippen LogP contribution in [0.5, 0.6) is 0 Å². The summed E-state index contributed by atoms with van der Waals surface area (Å²) in [6, 6.07) is 5.19. The zero-order chi connectivity index (χ0) is 20.7. The lowest BCUT2D eigenvalue weighted by molar-refractivity contribution is 0.185. The van der Waals surface area contributed by atoms with Gasteiger partial charge in [-0.2, -0.15) is 10.2 Å². The number of halogens is 2. The van der Waals surface area contributed by atoms with Crippen LogP contribution in [-0.4, -0.2) is 38.0 Å². The third kappa shape index (κ3) is 3.21. The Morgan fingerprint density at radius 2 is 2.07 bits per heavy atom. The minimum Gasteiger partial charge on any atom is -0.380 e. The van der Waals surface area contributed by atoms with Crippen LogP contribution in [0.4, 0.5) is 14.6 Å². The maximum atomic E-state index is 14.4. The molecule has 154 valence electrons. The molecule has 0 amide bonds. The van der Waals surface area contributed by atoms with E-state index in [4.69, 9.17) is 9.72 Å². The third-order valence-corrected chi connectivity index (χ3v) is 5.39. The molecule has 3 aromatic heterocycles. The maximum absolute atomic E-state index is 14.4. The molecule has 1 saturated heterocycles. The van der Waals surface area contributed by atoms with Crippen molar-refractivity contribution in [2.45, 2.75) is 25.5 Å². The van der Waals surface area contributed by atoms with Crippen LogP contribution in [0.15, 0.2) is 49.1 Å². The topological polar surface area (TPSA) is 60.5 Å². The van der Waals surface area contributed by atoms with Crippen molar-refractivity contribution < 1.29 is 13.5 Å². The normalized spacial score (nSPS) is 16.6. The molecular formula is C21H20F2N6O. The molecule has 4 heterocycles. The summed E-state index contributed by atoms with van der Waals surface area (Å²) in [6.07, 6.45) is 8.73. The first kappa shape index (κ1) is 18.7. The van der Waals surface area contributed by atoms with E-state index in [0.29, 0.717) is 30.2 Å². The van der Waals surface area contributed by atoms with Gasteiger partial charge in [-0.1, -0.05) is 0 Å². The van der Waals surface area contributed by atoms with Crippen LogP contribution in [0.3, 0.4) is 0 Å². The van der Waals surface area contributed by atoms with Gasteiger partial charge in [0, 0.05) is 37.2 Å².